The van der Waals surface area contributed by atoms with E-state index < -0.39 is 29.7 Å². The number of carboxylic acids is 2. The summed E-state index contributed by atoms with van der Waals surface area (Å²) in [7, 11) is 0. The molecule has 2 rings (SSSR count). The molecule has 130 valence electrons. The van der Waals surface area contributed by atoms with Gasteiger partial charge in [-0.15, -0.1) is 0 Å². The highest BCUT2D eigenvalue weighted by Gasteiger charge is 2.53. The van der Waals surface area contributed by atoms with E-state index in [2.05, 4.69) is 0 Å². The average molecular weight is 344 g/mol. The number of carbonyl (C=O) groups is 3. The Bertz CT molecular complexity index is 705. The van der Waals surface area contributed by atoms with Crippen molar-refractivity contribution in [1.29, 1.82) is 0 Å². The number of rotatable bonds is 8. The van der Waals surface area contributed by atoms with E-state index in [1.54, 1.807) is 60.7 Å². The maximum Gasteiger partial charge on any atom is 0.347 e. The Hall–Kier alpha value is -3.03. The topological polar surface area (TPSA) is 121 Å². The number of benzene rings is 2. The Kier molecular flexibility index (Phi) is 5.63. The van der Waals surface area contributed by atoms with E-state index in [4.69, 9.17) is 9.84 Å². The number of hydrogen-bond donors (Lipinski definition) is 3. The Balaban J connectivity index is 2.55. The van der Waals surface area contributed by atoms with Gasteiger partial charge in [-0.3, -0.25) is 4.79 Å². The van der Waals surface area contributed by atoms with Crippen LogP contribution >= 0.6 is 0 Å². The van der Waals surface area contributed by atoms with Crippen molar-refractivity contribution in [2.24, 2.45) is 0 Å². The fourth-order valence-electron chi connectivity index (χ4n) is 2.34. The van der Waals surface area contributed by atoms with E-state index in [0.717, 1.165) is 0 Å². The second-order valence-electron chi connectivity index (χ2n) is 5.28. The van der Waals surface area contributed by atoms with Gasteiger partial charge in [0.2, 0.25) is 0 Å². The lowest BCUT2D eigenvalue weighted by Gasteiger charge is -2.31. The number of aliphatic hydroxyl groups excluding tert-OH is 1. The molecule has 0 heterocycles. The number of aliphatic carboxylic acids is 2. The predicted molar refractivity (Wildman–Crippen MR) is 85.9 cm³/mol. The molecule has 0 aromatic heterocycles. The zero-order chi connectivity index (χ0) is 18.4. The predicted octanol–water partition coefficient (Wildman–Crippen LogP) is 1.26. The van der Waals surface area contributed by atoms with Crippen LogP contribution in [0.2, 0.25) is 0 Å². The molecule has 0 spiro atoms. The van der Waals surface area contributed by atoms with Crippen LogP contribution in [0.4, 0.5) is 0 Å². The van der Waals surface area contributed by atoms with Gasteiger partial charge in [0.15, 0.2) is 12.4 Å². The van der Waals surface area contributed by atoms with E-state index in [1.165, 1.54) is 0 Å². The van der Waals surface area contributed by atoms with Crippen LogP contribution in [-0.4, -0.2) is 45.2 Å². The first-order valence-corrected chi connectivity index (χ1v) is 7.30. The first-order valence-electron chi connectivity index (χ1n) is 7.30. The van der Waals surface area contributed by atoms with Crippen molar-refractivity contribution in [2.75, 3.05) is 0 Å². The highest BCUT2D eigenvalue weighted by Crippen LogP contribution is 2.32. The van der Waals surface area contributed by atoms with Crippen LogP contribution < -0.4 is 0 Å². The van der Waals surface area contributed by atoms with Gasteiger partial charge >= 0.3 is 11.9 Å². The lowest BCUT2D eigenvalue weighted by atomic mass is 9.95. The fourth-order valence-corrected chi connectivity index (χ4v) is 2.34. The molecule has 2 unspecified atom stereocenters. The number of aldehydes is 1. The van der Waals surface area contributed by atoms with Crippen LogP contribution in [0.1, 0.15) is 17.2 Å². The molecule has 2 aromatic carbocycles. The van der Waals surface area contributed by atoms with Gasteiger partial charge < -0.3 is 20.1 Å². The smallest absolute Gasteiger partial charge is 0.347 e. The molecule has 0 aliphatic heterocycles. The monoisotopic (exact) mass is 344 g/mol. The van der Waals surface area contributed by atoms with Crippen molar-refractivity contribution >= 4 is 18.2 Å². The van der Waals surface area contributed by atoms with Crippen molar-refractivity contribution in [1.82, 2.24) is 0 Å². The first-order chi connectivity index (χ1) is 11.9. The molecule has 0 saturated heterocycles. The summed E-state index contributed by atoms with van der Waals surface area (Å²) >= 11 is 0. The average Bonchev–Trinajstić information content (AvgIpc) is 2.63. The van der Waals surface area contributed by atoms with Gasteiger partial charge in [0.25, 0.3) is 5.60 Å². The van der Waals surface area contributed by atoms with Crippen LogP contribution in [0.3, 0.4) is 0 Å². The Morgan fingerprint density at radius 2 is 1.36 bits per heavy atom. The van der Waals surface area contributed by atoms with Gasteiger partial charge in [0, 0.05) is 0 Å². The number of carbonyl (C=O) groups excluding carboxylic acids is 1. The zero-order valence-corrected chi connectivity index (χ0v) is 13.0. The van der Waals surface area contributed by atoms with Crippen molar-refractivity contribution in [2.45, 2.75) is 17.8 Å². The number of ether oxygens (including phenoxy) is 1. The quantitative estimate of drug-likeness (QED) is 0.487. The molecule has 7 heteroatoms. The van der Waals surface area contributed by atoms with Crippen molar-refractivity contribution in [3.8, 4) is 0 Å². The molecule has 0 saturated carbocycles. The summed E-state index contributed by atoms with van der Waals surface area (Å²) in [6.07, 6.45) is -3.84. The summed E-state index contributed by atoms with van der Waals surface area (Å²) in [5.74, 6) is -3.77. The van der Waals surface area contributed by atoms with Crippen LogP contribution in [-0.2, 0) is 19.1 Å². The number of carboxylic acid groups (broad SMARTS) is 2. The lowest BCUT2D eigenvalue weighted by Crippen LogP contribution is -2.57. The molecular formula is C18H16O7. The van der Waals surface area contributed by atoms with Gasteiger partial charge in [-0.05, 0) is 11.1 Å². The Morgan fingerprint density at radius 1 is 0.920 bits per heavy atom. The minimum absolute atomic E-state index is 0.201. The standard InChI is InChI=1S/C18H16O7/c19-11-18(17(23)24,15(20)16(21)22)25-14(12-7-3-1-4-8-12)13-9-5-2-6-10-13/h1-11,14-15,20H,(H,21,22)(H,23,24). The van der Waals surface area contributed by atoms with E-state index in [9.17, 15) is 24.6 Å². The molecule has 0 fully saturated rings. The highest BCUT2D eigenvalue weighted by atomic mass is 16.6. The van der Waals surface area contributed by atoms with Gasteiger partial charge in [-0.1, -0.05) is 60.7 Å². The van der Waals surface area contributed by atoms with Gasteiger partial charge in [-0.25, -0.2) is 9.59 Å². The third-order valence-electron chi connectivity index (χ3n) is 3.67. The van der Waals surface area contributed by atoms with Crippen molar-refractivity contribution < 1.29 is 34.4 Å². The summed E-state index contributed by atoms with van der Waals surface area (Å²) < 4.78 is 5.45. The SMILES string of the molecule is O=CC(OC(c1ccccc1)c1ccccc1)(C(=O)O)C(O)C(=O)O. The van der Waals surface area contributed by atoms with Gasteiger partial charge in [-0.2, -0.15) is 0 Å². The molecule has 2 aromatic rings. The lowest BCUT2D eigenvalue weighted by molar-refractivity contribution is -0.196. The molecule has 0 aliphatic carbocycles. The minimum Gasteiger partial charge on any atom is -0.479 e. The second-order valence-corrected chi connectivity index (χ2v) is 5.28. The molecule has 2 atom stereocenters. The third-order valence-corrected chi connectivity index (χ3v) is 3.67. The van der Waals surface area contributed by atoms with E-state index >= 15 is 0 Å². The minimum atomic E-state index is -2.96. The molecule has 0 aliphatic rings. The summed E-state index contributed by atoms with van der Waals surface area (Å²) in [6.45, 7) is 0. The second kappa shape index (κ2) is 7.69. The van der Waals surface area contributed by atoms with E-state index in [0.29, 0.717) is 11.1 Å². The molecule has 0 bridgehead atoms. The molecule has 3 N–H and O–H groups in total. The molecule has 25 heavy (non-hydrogen) atoms. The number of hydrogen-bond acceptors (Lipinski definition) is 5. The third kappa shape index (κ3) is 3.73. The summed E-state index contributed by atoms with van der Waals surface area (Å²) in [4.78, 5) is 34.2. The molecular weight excluding hydrogens is 328 g/mol. The van der Waals surface area contributed by atoms with E-state index in [-0.39, 0.29) is 6.29 Å². The van der Waals surface area contributed by atoms with Gasteiger partial charge in [0.05, 0.1) is 0 Å². The maximum absolute atomic E-state index is 11.6. The van der Waals surface area contributed by atoms with E-state index in [1.807, 2.05) is 0 Å². The normalized spacial score (nSPS) is 14.5. The summed E-state index contributed by atoms with van der Waals surface area (Å²) in [5.41, 5.74) is -1.96. The maximum atomic E-state index is 11.6. The van der Waals surface area contributed by atoms with Crippen LogP contribution in [0, 0.1) is 0 Å². The molecule has 0 amide bonds. The first kappa shape index (κ1) is 18.3. The van der Waals surface area contributed by atoms with Gasteiger partial charge in [0.1, 0.15) is 6.10 Å². The Morgan fingerprint density at radius 3 is 1.68 bits per heavy atom. The van der Waals surface area contributed by atoms with Crippen LogP contribution in [0.15, 0.2) is 60.7 Å². The summed E-state index contributed by atoms with van der Waals surface area (Å²) in [5, 5.41) is 28.2. The highest BCUT2D eigenvalue weighted by molar-refractivity contribution is 6.01. The fraction of sp³-hybridized carbons (Fsp3) is 0.167. The Labute approximate surface area is 143 Å². The van der Waals surface area contributed by atoms with Crippen LogP contribution in [0.5, 0.6) is 0 Å². The zero-order valence-electron chi connectivity index (χ0n) is 13.0. The molecule has 7 nitrogen and oxygen atoms in total. The molecule has 0 radical (unpaired) electrons. The summed E-state index contributed by atoms with van der Waals surface area (Å²) in [6, 6.07) is 16.8. The van der Waals surface area contributed by atoms with Crippen LogP contribution in [0.25, 0.3) is 0 Å². The van der Waals surface area contributed by atoms with Crippen molar-refractivity contribution in [3.63, 3.8) is 0 Å². The van der Waals surface area contributed by atoms with Crippen molar-refractivity contribution in [3.05, 3.63) is 71.8 Å². The number of aliphatic hydroxyl groups is 1. The largest absolute Gasteiger partial charge is 0.479 e.